The van der Waals surface area contributed by atoms with E-state index in [1.54, 1.807) is 12.1 Å². The number of hydrogen-bond acceptors (Lipinski definition) is 4. The van der Waals surface area contributed by atoms with Crippen LogP contribution in [0.25, 0.3) is 0 Å². The van der Waals surface area contributed by atoms with Gasteiger partial charge < -0.3 is 9.47 Å². The number of carbonyl (C=O) groups excluding carboxylic acids is 1. The van der Waals surface area contributed by atoms with E-state index in [1.165, 1.54) is 7.11 Å². The molecule has 0 spiro atoms. The van der Waals surface area contributed by atoms with Crippen molar-refractivity contribution in [3.05, 3.63) is 45.9 Å². The van der Waals surface area contributed by atoms with Crippen molar-refractivity contribution in [2.24, 2.45) is 0 Å². The first kappa shape index (κ1) is 13.5. The fraction of sp³-hybridized carbons (Fsp3) is 0.143. The molecule has 0 fully saturated rings. The molecule has 0 radical (unpaired) electrons. The predicted octanol–water partition coefficient (Wildman–Crippen LogP) is 3.77. The first-order chi connectivity index (χ1) is 9.15. The number of pyridine rings is 1. The summed E-state index contributed by atoms with van der Waals surface area (Å²) in [4.78, 5) is 14.9. The van der Waals surface area contributed by atoms with Gasteiger partial charge in [0.15, 0.2) is 6.29 Å². The number of rotatable bonds is 4. The molecule has 4 nitrogen and oxygen atoms in total. The molecule has 0 unspecified atom stereocenters. The number of aromatic nitrogens is 1. The Morgan fingerprint density at radius 1 is 1.26 bits per heavy atom. The second-order valence-electron chi connectivity index (χ2n) is 3.83. The third-order valence-electron chi connectivity index (χ3n) is 2.62. The molecule has 0 atom stereocenters. The average molecular weight is 322 g/mol. The predicted molar refractivity (Wildman–Crippen MR) is 75.1 cm³/mol. The van der Waals surface area contributed by atoms with Crippen molar-refractivity contribution in [3.8, 4) is 17.5 Å². The van der Waals surface area contributed by atoms with Crippen LogP contribution in [0.1, 0.15) is 15.9 Å². The highest BCUT2D eigenvalue weighted by atomic mass is 79.9. The Kier molecular flexibility index (Phi) is 4.16. The smallest absolute Gasteiger partial charge is 0.227 e. The molecule has 1 aromatic carbocycles. The first-order valence-electron chi connectivity index (χ1n) is 5.59. The van der Waals surface area contributed by atoms with E-state index in [4.69, 9.17) is 9.47 Å². The van der Waals surface area contributed by atoms with Gasteiger partial charge in [0.05, 0.1) is 12.7 Å². The molecule has 0 saturated heterocycles. The van der Waals surface area contributed by atoms with E-state index in [0.717, 1.165) is 10.0 Å². The van der Waals surface area contributed by atoms with Crippen LogP contribution in [0.5, 0.6) is 17.5 Å². The van der Waals surface area contributed by atoms with Gasteiger partial charge in [-0.05, 0) is 25.1 Å². The van der Waals surface area contributed by atoms with Gasteiger partial charge in [-0.25, -0.2) is 0 Å². The molecule has 0 N–H and O–H groups in total. The van der Waals surface area contributed by atoms with Gasteiger partial charge in [-0.1, -0.05) is 22.0 Å². The monoisotopic (exact) mass is 321 g/mol. The van der Waals surface area contributed by atoms with Crippen LogP contribution in [-0.4, -0.2) is 18.4 Å². The molecule has 0 aliphatic heterocycles. The Morgan fingerprint density at radius 2 is 2.05 bits per heavy atom. The normalized spacial score (nSPS) is 10.1. The summed E-state index contributed by atoms with van der Waals surface area (Å²) in [7, 11) is 1.46. The van der Waals surface area contributed by atoms with Gasteiger partial charge in [0.2, 0.25) is 11.8 Å². The molecule has 0 saturated carbocycles. The molecule has 2 rings (SSSR count). The highest BCUT2D eigenvalue weighted by Crippen LogP contribution is 2.30. The molecule has 0 amide bonds. The minimum absolute atomic E-state index is 0.250. The lowest BCUT2D eigenvalue weighted by atomic mass is 10.2. The molecule has 0 aliphatic rings. The topological polar surface area (TPSA) is 48.4 Å². The lowest BCUT2D eigenvalue weighted by Crippen LogP contribution is -1.97. The largest absolute Gasteiger partial charge is 0.480 e. The van der Waals surface area contributed by atoms with Gasteiger partial charge in [0.25, 0.3) is 0 Å². The van der Waals surface area contributed by atoms with Crippen LogP contribution in [0.4, 0.5) is 0 Å². The van der Waals surface area contributed by atoms with Crippen molar-refractivity contribution in [1.82, 2.24) is 4.98 Å². The molecule has 1 heterocycles. The summed E-state index contributed by atoms with van der Waals surface area (Å²) in [6, 6.07) is 8.91. The average Bonchev–Trinajstić information content (AvgIpc) is 2.43. The zero-order valence-corrected chi connectivity index (χ0v) is 12.1. The highest BCUT2D eigenvalue weighted by Gasteiger charge is 2.09. The molecule has 0 aliphatic carbocycles. The Labute approximate surface area is 119 Å². The zero-order valence-electron chi connectivity index (χ0n) is 10.5. The number of hydrogen-bond donors (Lipinski definition) is 0. The standard InChI is InChI=1S/C14H12BrNO3/c1-9-11(15)4-3-5-12(9)19-13-7-6-10(8-17)14(16-13)18-2/h3-8H,1-2H3. The van der Waals surface area contributed by atoms with Gasteiger partial charge in [-0.15, -0.1) is 0 Å². The van der Waals surface area contributed by atoms with Crippen LogP contribution in [0.15, 0.2) is 34.8 Å². The minimum atomic E-state index is 0.250. The van der Waals surface area contributed by atoms with Gasteiger partial charge >= 0.3 is 0 Å². The maximum Gasteiger partial charge on any atom is 0.227 e. The molecular formula is C14H12BrNO3. The maximum absolute atomic E-state index is 10.8. The van der Waals surface area contributed by atoms with Crippen molar-refractivity contribution < 1.29 is 14.3 Å². The molecule has 19 heavy (non-hydrogen) atoms. The van der Waals surface area contributed by atoms with E-state index in [-0.39, 0.29) is 5.88 Å². The fourth-order valence-electron chi connectivity index (χ4n) is 1.56. The van der Waals surface area contributed by atoms with Crippen LogP contribution in [-0.2, 0) is 0 Å². The Hall–Kier alpha value is -1.88. The van der Waals surface area contributed by atoms with Gasteiger partial charge in [0, 0.05) is 16.1 Å². The van der Waals surface area contributed by atoms with E-state index in [1.807, 2.05) is 25.1 Å². The van der Waals surface area contributed by atoms with Gasteiger partial charge in [-0.2, -0.15) is 4.98 Å². The number of nitrogens with zero attached hydrogens (tertiary/aromatic N) is 1. The lowest BCUT2D eigenvalue weighted by Gasteiger charge is -2.10. The molecule has 2 aromatic rings. The van der Waals surface area contributed by atoms with Crippen LogP contribution in [0.3, 0.4) is 0 Å². The van der Waals surface area contributed by atoms with Crippen molar-refractivity contribution in [2.75, 3.05) is 7.11 Å². The summed E-state index contributed by atoms with van der Waals surface area (Å²) in [6.07, 6.45) is 0.694. The summed E-state index contributed by atoms with van der Waals surface area (Å²) >= 11 is 3.44. The highest BCUT2D eigenvalue weighted by molar-refractivity contribution is 9.10. The van der Waals surface area contributed by atoms with E-state index in [9.17, 15) is 4.79 Å². The van der Waals surface area contributed by atoms with E-state index in [0.29, 0.717) is 23.5 Å². The summed E-state index contributed by atoms with van der Waals surface area (Å²) < 4.78 is 11.7. The Morgan fingerprint density at radius 3 is 2.74 bits per heavy atom. The number of methoxy groups -OCH3 is 1. The van der Waals surface area contributed by atoms with E-state index < -0.39 is 0 Å². The van der Waals surface area contributed by atoms with Crippen molar-refractivity contribution in [1.29, 1.82) is 0 Å². The Balaban J connectivity index is 2.33. The number of aldehydes is 1. The summed E-state index contributed by atoms with van der Waals surface area (Å²) in [5.74, 6) is 1.33. The van der Waals surface area contributed by atoms with Crippen LogP contribution in [0, 0.1) is 6.92 Å². The number of benzene rings is 1. The lowest BCUT2D eigenvalue weighted by molar-refractivity contribution is 0.112. The zero-order chi connectivity index (χ0) is 13.8. The van der Waals surface area contributed by atoms with E-state index in [2.05, 4.69) is 20.9 Å². The molecule has 98 valence electrons. The maximum atomic E-state index is 10.8. The molecule has 0 bridgehead atoms. The summed E-state index contributed by atoms with van der Waals surface area (Å²) in [5.41, 5.74) is 1.36. The fourth-order valence-corrected chi connectivity index (χ4v) is 1.90. The third kappa shape index (κ3) is 2.93. The quantitative estimate of drug-likeness (QED) is 0.804. The number of halogens is 1. The van der Waals surface area contributed by atoms with Crippen molar-refractivity contribution >= 4 is 22.2 Å². The second-order valence-corrected chi connectivity index (χ2v) is 4.69. The van der Waals surface area contributed by atoms with Gasteiger partial charge in [-0.3, -0.25) is 4.79 Å². The minimum Gasteiger partial charge on any atom is -0.480 e. The van der Waals surface area contributed by atoms with Crippen LogP contribution < -0.4 is 9.47 Å². The SMILES string of the molecule is COc1nc(Oc2cccc(Br)c2C)ccc1C=O. The second kappa shape index (κ2) is 5.84. The number of carbonyl (C=O) groups is 1. The van der Waals surface area contributed by atoms with Crippen molar-refractivity contribution in [3.63, 3.8) is 0 Å². The Bertz CT molecular complexity index is 614. The van der Waals surface area contributed by atoms with Gasteiger partial charge in [0.1, 0.15) is 5.75 Å². The summed E-state index contributed by atoms with van der Waals surface area (Å²) in [6.45, 7) is 1.94. The van der Waals surface area contributed by atoms with Crippen LogP contribution >= 0.6 is 15.9 Å². The number of ether oxygens (including phenoxy) is 2. The summed E-state index contributed by atoms with van der Waals surface area (Å²) in [5, 5.41) is 0. The van der Waals surface area contributed by atoms with Crippen molar-refractivity contribution in [2.45, 2.75) is 6.92 Å². The molecular weight excluding hydrogens is 310 g/mol. The first-order valence-corrected chi connectivity index (χ1v) is 6.38. The molecule has 1 aromatic heterocycles. The third-order valence-corrected chi connectivity index (χ3v) is 3.48. The van der Waals surface area contributed by atoms with Crippen LogP contribution in [0.2, 0.25) is 0 Å². The van der Waals surface area contributed by atoms with E-state index >= 15 is 0 Å². The molecule has 5 heteroatoms.